The van der Waals surface area contributed by atoms with Crippen molar-refractivity contribution in [2.75, 3.05) is 0 Å². The minimum Gasteiger partial charge on any atom is -0.336 e. The van der Waals surface area contributed by atoms with Gasteiger partial charge in [-0.25, -0.2) is 15.0 Å². The van der Waals surface area contributed by atoms with Crippen LogP contribution in [0.5, 0.6) is 0 Å². The van der Waals surface area contributed by atoms with Crippen LogP contribution in [0.15, 0.2) is 55.5 Å². The van der Waals surface area contributed by atoms with Crippen molar-refractivity contribution in [3.05, 3.63) is 66.8 Å². The van der Waals surface area contributed by atoms with E-state index in [1.54, 1.807) is 18.7 Å². The van der Waals surface area contributed by atoms with Crippen LogP contribution in [0.2, 0.25) is 0 Å². The van der Waals surface area contributed by atoms with Crippen LogP contribution in [0.3, 0.4) is 0 Å². The summed E-state index contributed by atoms with van der Waals surface area (Å²) in [6.07, 6.45) is 10.8. The molecule has 0 atom stereocenters. The van der Waals surface area contributed by atoms with Crippen molar-refractivity contribution in [2.45, 2.75) is 13.8 Å². The Labute approximate surface area is 176 Å². The maximum atomic E-state index is 4.83. The average molecular weight is 407 g/mol. The highest BCUT2D eigenvalue weighted by molar-refractivity contribution is 5.95. The van der Waals surface area contributed by atoms with Crippen molar-refractivity contribution in [3.63, 3.8) is 0 Å². The monoisotopic (exact) mass is 407 g/mol. The van der Waals surface area contributed by atoms with Gasteiger partial charge in [0.05, 0.1) is 28.6 Å². The Morgan fingerprint density at radius 3 is 2.74 bits per heavy atom. The van der Waals surface area contributed by atoms with Crippen molar-refractivity contribution >= 4 is 21.9 Å². The topological polar surface area (TPSA) is 114 Å². The van der Waals surface area contributed by atoms with Crippen LogP contribution in [0, 0.1) is 13.8 Å². The standard InChI is InChI=1S/C22H17N9/c1-12-5-14(8-23-7-12)17-6-15-18(9-25-17)29-30-19(15)21-27-16-3-4-24-22(20(16)28-21)31-10-13(2)26-11-31/h3-11H,1-2H3,(H,27,28)(H,29,30). The average Bonchev–Trinajstić information content (AvgIpc) is 3.50. The molecule has 9 nitrogen and oxygen atoms in total. The third-order valence-corrected chi connectivity index (χ3v) is 5.18. The minimum atomic E-state index is 0.659. The summed E-state index contributed by atoms with van der Waals surface area (Å²) in [4.78, 5) is 25.8. The molecule has 0 aliphatic heterocycles. The second-order valence-corrected chi connectivity index (χ2v) is 7.48. The van der Waals surface area contributed by atoms with E-state index in [4.69, 9.17) is 4.98 Å². The number of aromatic amines is 2. The summed E-state index contributed by atoms with van der Waals surface area (Å²) in [5.41, 5.74) is 6.98. The molecule has 0 aliphatic carbocycles. The van der Waals surface area contributed by atoms with Gasteiger partial charge in [-0.1, -0.05) is 0 Å². The Hall–Kier alpha value is -4.40. The maximum absolute atomic E-state index is 4.83. The molecule has 0 radical (unpaired) electrons. The Kier molecular flexibility index (Phi) is 3.69. The van der Waals surface area contributed by atoms with Crippen LogP contribution in [0.4, 0.5) is 0 Å². The first kappa shape index (κ1) is 17.5. The minimum absolute atomic E-state index is 0.659. The number of rotatable bonds is 3. The summed E-state index contributed by atoms with van der Waals surface area (Å²) in [5, 5.41) is 8.49. The van der Waals surface area contributed by atoms with Gasteiger partial charge in [-0.05, 0) is 37.6 Å². The molecular weight excluding hydrogens is 390 g/mol. The lowest BCUT2D eigenvalue weighted by Crippen LogP contribution is -1.95. The van der Waals surface area contributed by atoms with Crippen molar-refractivity contribution < 1.29 is 0 Å². The van der Waals surface area contributed by atoms with Crippen molar-refractivity contribution in [3.8, 4) is 28.6 Å². The quantitative estimate of drug-likeness (QED) is 0.462. The molecule has 0 fully saturated rings. The molecule has 0 amide bonds. The van der Waals surface area contributed by atoms with Gasteiger partial charge in [-0.15, -0.1) is 0 Å². The number of pyridine rings is 3. The highest BCUT2D eigenvalue weighted by Crippen LogP contribution is 2.30. The van der Waals surface area contributed by atoms with E-state index in [0.29, 0.717) is 11.6 Å². The van der Waals surface area contributed by atoms with Crippen LogP contribution >= 0.6 is 0 Å². The summed E-state index contributed by atoms with van der Waals surface area (Å²) in [6.45, 7) is 3.96. The lowest BCUT2D eigenvalue weighted by atomic mass is 10.1. The lowest BCUT2D eigenvalue weighted by Gasteiger charge is -2.02. The fourth-order valence-corrected chi connectivity index (χ4v) is 3.71. The zero-order chi connectivity index (χ0) is 20.9. The fourth-order valence-electron chi connectivity index (χ4n) is 3.71. The van der Waals surface area contributed by atoms with E-state index in [-0.39, 0.29) is 0 Å². The Morgan fingerprint density at radius 1 is 0.968 bits per heavy atom. The second kappa shape index (κ2) is 6.56. The summed E-state index contributed by atoms with van der Waals surface area (Å²) in [6, 6.07) is 5.97. The van der Waals surface area contributed by atoms with E-state index in [1.807, 2.05) is 49.1 Å². The first-order valence-corrected chi connectivity index (χ1v) is 9.78. The third-order valence-electron chi connectivity index (χ3n) is 5.18. The zero-order valence-corrected chi connectivity index (χ0v) is 16.8. The maximum Gasteiger partial charge on any atom is 0.166 e. The highest BCUT2D eigenvalue weighted by atomic mass is 15.2. The van der Waals surface area contributed by atoms with Gasteiger partial charge in [-0.3, -0.25) is 19.6 Å². The third kappa shape index (κ3) is 2.86. The van der Waals surface area contributed by atoms with Gasteiger partial charge in [0.25, 0.3) is 0 Å². The number of hydrogen-bond acceptors (Lipinski definition) is 6. The summed E-state index contributed by atoms with van der Waals surface area (Å²) >= 11 is 0. The van der Waals surface area contributed by atoms with Crippen LogP contribution < -0.4 is 0 Å². The van der Waals surface area contributed by atoms with Gasteiger partial charge in [0.2, 0.25) is 0 Å². The molecule has 6 aromatic heterocycles. The smallest absolute Gasteiger partial charge is 0.166 e. The normalized spacial score (nSPS) is 11.5. The molecule has 0 saturated carbocycles. The van der Waals surface area contributed by atoms with E-state index in [1.165, 1.54) is 0 Å². The summed E-state index contributed by atoms with van der Waals surface area (Å²) < 4.78 is 1.87. The summed E-state index contributed by atoms with van der Waals surface area (Å²) in [5.74, 6) is 1.38. The van der Waals surface area contributed by atoms with Gasteiger partial charge in [0, 0.05) is 35.7 Å². The van der Waals surface area contributed by atoms with Crippen molar-refractivity contribution in [2.24, 2.45) is 0 Å². The van der Waals surface area contributed by atoms with E-state index >= 15 is 0 Å². The van der Waals surface area contributed by atoms with Crippen LogP contribution in [-0.2, 0) is 0 Å². The number of nitrogens with one attached hydrogen (secondary N) is 2. The largest absolute Gasteiger partial charge is 0.336 e. The first-order valence-electron chi connectivity index (χ1n) is 9.78. The zero-order valence-electron chi connectivity index (χ0n) is 16.8. The van der Waals surface area contributed by atoms with Crippen LogP contribution in [-0.4, -0.2) is 44.7 Å². The SMILES string of the molecule is Cc1cncc(-c2cc3c(-c4nc5c(-n6cnc(C)c6)nccc5[nH]4)n[nH]c3cn2)c1. The van der Waals surface area contributed by atoms with Crippen molar-refractivity contribution in [1.82, 2.24) is 44.7 Å². The van der Waals surface area contributed by atoms with Gasteiger partial charge in [0.1, 0.15) is 17.5 Å². The van der Waals surface area contributed by atoms with Gasteiger partial charge >= 0.3 is 0 Å². The molecule has 0 unspecified atom stereocenters. The molecule has 6 heterocycles. The molecule has 31 heavy (non-hydrogen) atoms. The van der Waals surface area contributed by atoms with Gasteiger partial charge in [0.15, 0.2) is 11.6 Å². The predicted octanol–water partition coefficient (Wildman–Crippen LogP) is 3.76. The number of imidazole rings is 2. The number of hydrogen-bond donors (Lipinski definition) is 2. The van der Waals surface area contributed by atoms with E-state index < -0.39 is 0 Å². The number of H-pyrrole nitrogens is 2. The summed E-state index contributed by atoms with van der Waals surface area (Å²) in [7, 11) is 0. The molecule has 6 aromatic rings. The molecule has 9 heteroatoms. The molecule has 0 bridgehead atoms. The highest BCUT2D eigenvalue weighted by Gasteiger charge is 2.17. The number of fused-ring (bicyclic) bond motifs is 2. The van der Waals surface area contributed by atoms with Gasteiger partial charge in [-0.2, -0.15) is 5.10 Å². The molecule has 0 saturated heterocycles. The van der Waals surface area contributed by atoms with Crippen molar-refractivity contribution in [1.29, 1.82) is 0 Å². The van der Waals surface area contributed by atoms with E-state index in [9.17, 15) is 0 Å². The molecule has 0 spiro atoms. The predicted molar refractivity (Wildman–Crippen MR) is 117 cm³/mol. The fraction of sp³-hybridized carbons (Fsp3) is 0.0909. The number of nitrogens with zero attached hydrogens (tertiary/aromatic N) is 7. The Morgan fingerprint density at radius 2 is 1.90 bits per heavy atom. The van der Waals surface area contributed by atoms with Crippen LogP contribution in [0.1, 0.15) is 11.3 Å². The molecule has 6 rings (SSSR count). The number of aromatic nitrogens is 9. The molecular formula is C22H17N9. The molecule has 0 aromatic carbocycles. The molecule has 0 aliphatic rings. The Bertz CT molecular complexity index is 1570. The first-order chi connectivity index (χ1) is 15.2. The number of aryl methyl sites for hydroxylation is 2. The van der Waals surface area contributed by atoms with E-state index in [0.717, 1.165) is 50.1 Å². The Balaban J connectivity index is 1.51. The van der Waals surface area contributed by atoms with Gasteiger partial charge < -0.3 is 4.98 Å². The molecule has 2 N–H and O–H groups in total. The van der Waals surface area contributed by atoms with E-state index in [2.05, 4.69) is 41.2 Å². The van der Waals surface area contributed by atoms with Crippen LogP contribution in [0.25, 0.3) is 50.5 Å². The molecule has 150 valence electrons. The second-order valence-electron chi connectivity index (χ2n) is 7.48. The lowest BCUT2D eigenvalue weighted by molar-refractivity contribution is 1.00.